The van der Waals surface area contributed by atoms with Crippen LogP contribution in [-0.2, 0) is 4.74 Å². The molecule has 27 heavy (non-hydrogen) atoms. The van der Waals surface area contributed by atoms with Crippen molar-refractivity contribution in [2.45, 2.75) is 0 Å². The first-order valence-corrected chi connectivity index (χ1v) is 8.37. The zero-order valence-electron chi connectivity index (χ0n) is 13.8. The quantitative estimate of drug-likeness (QED) is 0.295. The summed E-state index contributed by atoms with van der Waals surface area (Å²) in [4.78, 5) is 34.7. The number of ether oxygens (including phenoxy) is 1. The van der Waals surface area contributed by atoms with Crippen LogP contribution in [0.4, 0.5) is 11.4 Å². The van der Waals surface area contributed by atoms with Crippen LogP contribution in [0, 0.1) is 10.1 Å². The van der Waals surface area contributed by atoms with E-state index in [-0.39, 0.29) is 45.7 Å². The fourth-order valence-electron chi connectivity index (χ4n) is 2.12. The second kappa shape index (κ2) is 9.31. The number of hydrogen-bond donors (Lipinski definition) is 2. The number of aliphatic hydroxyl groups is 1. The summed E-state index contributed by atoms with van der Waals surface area (Å²) >= 11 is 11.6. The molecule has 142 valence electrons. The van der Waals surface area contributed by atoms with Gasteiger partial charge in [0.25, 0.3) is 5.69 Å². The third kappa shape index (κ3) is 5.40. The lowest BCUT2D eigenvalue weighted by Crippen LogP contribution is -2.17. The Balaban J connectivity index is 2.15. The first kappa shape index (κ1) is 20.6. The minimum absolute atomic E-state index is 0.125. The normalized spacial score (nSPS) is 10.3. The summed E-state index contributed by atoms with van der Waals surface area (Å²) in [5.41, 5.74) is 0.00315. The van der Waals surface area contributed by atoms with Gasteiger partial charge in [-0.2, -0.15) is 0 Å². The highest BCUT2D eigenvalue weighted by Gasteiger charge is 2.19. The van der Waals surface area contributed by atoms with Gasteiger partial charge in [0.2, 0.25) is 0 Å². The van der Waals surface area contributed by atoms with E-state index in [1.165, 1.54) is 30.3 Å². The number of nitro groups is 1. The number of ketones is 1. The first-order valence-electron chi connectivity index (χ1n) is 7.62. The Morgan fingerprint density at radius 1 is 1.15 bits per heavy atom. The number of anilines is 1. The molecular weight excluding hydrogens is 399 g/mol. The lowest BCUT2D eigenvalue weighted by molar-refractivity contribution is -0.384. The minimum Gasteiger partial charge on any atom is -0.454 e. The maximum absolute atomic E-state index is 12.3. The largest absolute Gasteiger partial charge is 0.454 e. The molecule has 0 aliphatic rings. The predicted molar refractivity (Wildman–Crippen MR) is 99.7 cm³/mol. The maximum Gasteiger partial charge on any atom is 0.340 e. The molecule has 2 aromatic carbocycles. The van der Waals surface area contributed by atoms with E-state index in [0.717, 1.165) is 6.07 Å². The number of halogens is 2. The summed E-state index contributed by atoms with van der Waals surface area (Å²) in [6, 6.07) is 7.79. The lowest BCUT2D eigenvalue weighted by Gasteiger charge is -2.11. The zero-order chi connectivity index (χ0) is 20.0. The zero-order valence-corrected chi connectivity index (χ0v) is 15.3. The average Bonchev–Trinajstić information content (AvgIpc) is 2.66. The summed E-state index contributed by atoms with van der Waals surface area (Å²) in [6.45, 7) is -0.666. The Labute approximate surface area is 163 Å². The summed E-state index contributed by atoms with van der Waals surface area (Å²) in [5.74, 6) is -1.44. The molecular formula is C17H14Cl2N2O6. The highest BCUT2D eigenvalue weighted by atomic mass is 35.5. The van der Waals surface area contributed by atoms with Gasteiger partial charge >= 0.3 is 5.97 Å². The predicted octanol–water partition coefficient (Wildman–Crippen LogP) is 3.35. The number of Topliss-reactive ketones (excluding diaryl/α,β-unsaturated/α-hetero) is 1. The Bertz CT molecular complexity index is 888. The van der Waals surface area contributed by atoms with Crippen LogP contribution < -0.4 is 5.32 Å². The molecule has 0 unspecified atom stereocenters. The molecule has 10 heteroatoms. The van der Waals surface area contributed by atoms with Crippen molar-refractivity contribution < 1.29 is 24.4 Å². The van der Waals surface area contributed by atoms with E-state index in [4.69, 9.17) is 33.0 Å². The molecule has 2 N–H and O–H groups in total. The van der Waals surface area contributed by atoms with Gasteiger partial charge in [-0.05, 0) is 24.3 Å². The van der Waals surface area contributed by atoms with Crippen LogP contribution in [0.3, 0.4) is 0 Å². The molecule has 0 spiro atoms. The Hall–Kier alpha value is -2.68. The fraction of sp³-hybridized carbons (Fsp3) is 0.176. The minimum atomic E-state index is -0.924. The maximum atomic E-state index is 12.3. The van der Waals surface area contributed by atoms with Crippen LogP contribution in [0.2, 0.25) is 10.0 Å². The van der Waals surface area contributed by atoms with E-state index < -0.39 is 23.3 Å². The summed E-state index contributed by atoms with van der Waals surface area (Å²) < 4.78 is 4.98. The number of carbonyl (C=O) groups is 2. The van der Waals surface area contributed by atoms with Crippen LogP contribution in [0.1, 0.15) is 20.7 Å². The van der Waals surface area contributed by atoms with E-state index in [9.17, 15) is 19.7 Å². The number of rotatable bonds is 8. The number of nitrogens with one attached hydrogen (secondary N) is 1. The molecule has 0 radical (unpaired) electrons. The van der Waals surface area contributed by atoms with Crippen molar-refractivity contribution in [3.8, 4) is 0 Å². The number of aliphatic hydroxyl groups excluding tert-OH is 1. The van der Waals surface area contributed by atoms with Crippen LogP contribution in [0.15, 0.2) is 36.4 Å². The van der Waals surface area contributed by atoms with Crippen LogP contribution in [-0.4, -0.2) is 41.5 Å². The molecule has 0 aromatic heterocycles. The molecule has 8 nitrogen and oxygen atoms in total. The Morgan fingerprint density at radius 2 is 1.89 bits per heavy atom. The molecule has 0 amide bonds. The number of benzene rings is 2. The van der Waals surface area contributed by atoms with Gasteiger partial charge in [0.15, 0.2) is 12.4 Å². The lowest BCUT2D eigenvalue weighted by atomic mass is 10.1. The number of nitrogens with zero attached hydrogens (tertiary/aromatic N) is 1. The molecule has 0 aliphatic heterocycles. The molecule has 2 rings (SSSR count). The van der Waals surface area contributed by atoms with Gasteiger partial charge in [-0.3, -0.25) is 14.9 Å². The SMILES string of the molecule is O=C(COC(=O)c1cc([N+](=O)[O-])ccc1NCCO)c1ccc(Cl)c(Cl)c1. The van der Waals surface area contributed by atoms with E-state index in [2.05, 4.69) is 5.32 Å². The van der Waals surface area contributed by atoms with Crippen molar-refractivity contribution in [3.05, 3.63) is 67.7 Å². The molecule has 2 aromatic rings. The van der Waals surface area contributed by atoms with Gasteiger partial charge in [-0.15, -0.1) is 0 Å². The number of carbonyl (C=O) groups excluding carboxylic acids is 2. The fourth-order valence-corrected chi connectivity index (χ4v) is 2.42. The third-order valence-corrected chi connectivity index (χ3v) is 4.18. The molecule has 0 heterocycles. The van der Waals surface area contributed by atoms with Gasteiger partial charge < -0.3 is 15.2 Å². The van der Waals surface area contributed by atoms with Crippen LogP contribution in [0.25, 0.3) is 0 Å². The average molecular weight is 413 g/mol. The second-order valence-electron chi connectivity index (χ2n) is 5.27. The second-order valence-corrected chi connectivity index (χ2v) is 6.08. The monoisotopic (exact) mass is 412 g/mol. The molecule has 0 saturated carbocycles. The van der Waals surface area contributed by atoms with E-state index in [1.54, 1.807) is 0 Å². The molecule has 0 atom stereocenters. The third-order valence-electron chi connectivity index (χ3n) is 3.44. The number of nitro benzene ring substituents is 1. The van der Waals surface area contributed by atoms with Crippen molar-refractivity contribution in [1.29, 1.82) is 0 Å². The van der Waals surface area contributed by atoms with Crippen molar-refractivity contribution in [2.75, 3.05) is 25.1 Å². The Kier molecular flexibility index (Phi) is 7.12. The van der Waals surface area contributed by atoms with Crippen LogP contribution in [0.5, 0.6) is 0 Å². The Morgan fingerprint density at radius 3 is 2.52 bits per heavy atom. The summed E-state index contributed by atoms with van der Waals surface area (Å²) in [7, 11) is 0. The van der Waals surface area contributed by atoms with Crippen molar-refractivity contribution in [3.63, 3.8) is 0 Å². The smallest absolute Gasteiger partial charge is 0.340 e. The molecule has 0 saturated heterocycles. The van der Waals surface area contributed by atoms with Crippen LogP contribution >= 0.6 is 23.2 Å². The molecule has 0 fully saturated rings. The summed E-state index contributed by atoms with van der Waals surface area (Å²) in [6.07, 6.45) is 0. The van der Waals surface area contributed by atoms with Gasteiger partial charge in [0, 0.05) is 29.9 Å². The van der Waals surface area contributed by atoms with Crippen molar-refractivity contribution in [2.24, 2.45) is 0 Å². The van der Waals surface area contributed by atoms with Gasteiger partial charge in [0.05, 0.1) is 27.1 Å². The molecule has 0 bridgehead atoms. The highest BCUT2D eigenvalue weighted by molar-refractivity contribution is 6.42. The van der Waals surface area contributed by atoms with E-state index in [1.807, 2.05) is 0 Å². The highest BCUT2D eigenvalue weighted by Crippen LogP contribution is 2.24. The van der Waals surface area contributed by atoms with Gasteiger partial charge in [-0.1, -0.05) is 23.2 Å². The number of non-ortho nitro benzene ring substituents is 1. The van der Waals surface area contributed by atoms with E-state index in [0.29, 0.717) is 0 Å². The van der Waals surface area contributed by atoms with Crippen molar-refractivity contribution >= 4 is 46.3 Å². The summed E-state index contributed by atoms with van der Waals surface area (Å²) in [5, 5.41) is 23.0. The number of esters is 1. The first-order chi connectivity index (χ1) is 12.8. The van der Waals surface area contributed by atoms with E-state index >= 15 is 0 Å². The molecule has 0 aliphatic carbocycles. The standard InChI is InChI=1S/C17H14Cl2N2O6/c18-13-3-1-10(7-14(13)19)16(23)9-27-17(24)12-8-11(21(25)26)2-4-15(12)20-5-6-22/h1-4,7-8,20,22H,5-6,9H2. The number of hydrogen-bond acceptors (Lipinski definition) is 7. The topological polar surface area (TPSA) is 119 Å². The van der Waals surface area contributed by atoms with Gasteiger partial charge in [0.1, 0.15) is 0 Å². The van der Waals surface area contributed by atoms with Crippen molar-refractivity contribution in [1.82, 2.24) is 0 Å². The van der Waals surface area contributed by atoms with Gasteiger partial charge in [-0.25, -0.2) is 4.79 Å².